The van der Waals surface area contributed by atoms with Gasteiger partial charge in [-0.3, -0.25) is 10.1 Å². The van der Waals surface area contributed by atoms with Gasteiger partial charge < -0.3 is 9.47 Å². The number of ether oxygens (including phenoxy) is 2. The van der Waals surface area contributed by atoms with Crippen molar-refractivity contribution >= 4 is 11.9 Å². The fourth-order valence-corrected chi connectivity index (χ4v) is 1.37. The van der Waals surface area contributed by atoms with Crippen LogP contribution in [0.25, 0.3) is 0 Å². The van der Waals surface area contributed by atoms with Crippen LogP contribution in [0.15, 0.2) is 24.3 Å². The van der Waals surface area contributed by atoms with E-state index in [0.29, 0.717) is 0 Å². The molecule has 1 amide bonds. The molecule has 0 fully saturated rings. The molecule has 2 aromatic heterocycles. The van der Waals surface area contributed by atoms with Gasteiger partial charge in [-0.2, -0.15) is 14.4 Å². The fraction of sp³-hybridized carbons (Fsp3) is 0.167. The van der Waals surface area contributed by atoms with Crippen molar-refractivity contribution in [2.75, 3.05) is 19.5 Å². The lowest BCUT2D eigenvalue weighted by atomic mass is 10.3. The predicted octanol–water partition coefficient (Wildman–Crippen LogP) is 1.28. The molecule has 104 valence electrons. The van der Waals surface area contributed by atoms with Crippen molar-refractivity contribution in [1.29, 1.82) is 0 Å². The molecule has 0 aromatic carbocycles. The van der Waals surface area contributed by atoms with E-state index in [4.69, 9.17) is 9.47 Å². The number of carbonyl (C=O) groups excluding carboxylic acids is 1. The molecule has 0 aliphatic carbocycles. The Hall–Kier alpha value is -2.77. The summed E-state index contributed by atoms with van der Waals surface area (Å²) in [6, 6.07) is 5.35. The third-order valence-corrected chi connectivity index (χ3v) is 2.27. The van der Waals surface area contributed by atoms with E-state index >= 15 is 0 Å². The Morgan fingerprint density at radius 3 is 2.35 bits per heavy atom. The average Bonchev–Trinajstić information content (AvgIpc) is 2.46. The topological polar surface area (TPSA) is 86.2 Å². The maximum atomic E-state index is 12.9. The van der Waals surface area contributed by atoms with Crippen LogP contribution in [0.3, 0.4) is 0 Å². The molecule has 0 radical (unpaired) electrons. The first-order valence-electron chi connectivity index (χ1n) is 5.53. The van der Waals surface area contributed by atoms with Crippen LogP contribution in [0.5, 0.6) is 11.8 Å². The molecule has 2 rings (SSSR count). The largest absolute Gasteiger partial charge is 0.481 e. The minimum atomic E-state index is -0.748. The number of amides is 1. The van der Waals surface area contributed by atoms with Gasteiger partial charge in [0.2, 0.25) is 23.7 Å². The van der Waals surface area contributed by atoms with Gasteiger partial charge in [0.25, 0.3) is 5.91 Å². The predicted molar refractivity (Wildman–Crippen MR) is 67.3 cm³/mol. The number of carbonyl (C=O) groups is 1. The number of halogens is 1. The van der Waals surface area contributed by atoms with Crippen LogP contribution in [0.4, 0.5) is 10.3 Å². The fourth-order valence-electron chi connectivity index (χ4n) is 1.37. The monoisotopic (exact) mass is 278 g/mol. The van der Waals surface area contributed by atoms with E-state index in [0.717, 1.165) is 6.07 Å². The van der Waals surface area contributed by atoms with Gasteiger partial charge in [-0.1, -0.05) is 6.07 Å². The number of hydrogen-bond donors (Lipinski definition) is 1. The molecule has 7 nitrogen and oxygen atoms in total. The minimum absolute atomic E-state index is 0.0303. The lowest BCUT2D eigenvalue weighted by molar-refractivity contribution is 0.102. The number of hydrogen-bond acceptors (Lipinski definition) is 6. The van der Waals surface area contributed by atoms with Crippen molar-refractivity contribution in [3.63, 3.8) is 0 Å². The third kappa shape index (κ3) is 3.16. The van der Waals surface area contributed by atoms with E-state index < -0.39 is 11.9 Å². The summed E-state index contributed by atoms with van der Waals surface area (Å²) in [5.41, 5.74) is -0.0876. The lowest BCUT2D eigenvalue weighted by Crippen LogP contribution is -2.16. The van der Waals surface area contributed by atoms with Crippen LogP contribution in [0, 0.1) is 5.95 Å². The second-order valence-electron chi connectivity index (χ2n) is 3.58. The third-order valence-electron chi connectivity index (χ3n) is 2.27. The highest BCUT2D eigenvalue weighted by Gasteiger charge is 2.12. The molecular weight excluding hydrogens is 267 g/mol. The molecule has 2 aromatic rings. The van der Waals surface area contributed by atoms with Crippen LogP contribution in [-0.4, -0.2) is 35.1 Å². The molecule has 1 N–H and O–H groups in total. The Morgan fingerprint density at radius 2 is 1.80 bits per heavy atom. The van der Waals surface area contributed by atoms with E-state index in [2.05, 4.69) is 20.3 Å². The Balaban J connectivity index is 2.23. The Bertz CT molecular complexity index is 614. The number of rotatable bonds is 4. The molecule has 0 saturated heterocycles. The highest BCUT2D eigenvalue weighted by Crippen LogP contribution is 2.17. The zero-order valence-corrected chi connectivity index (χ0v) is 10.8. The molecule has 2 heterocycles. The normalized spacial score (nSPS) is 9.95. The summed E-state index contributed by atoms with van der Waals surface area (Å²) in [6.07, 6.45) is 0. The van der Waals surface area contributed by atoms with E-state index in [-0.39, 0.29) is 23.4 Å². The maximum absolute atomic E-state index is 12.9. The van der Waals surface area contributed by atoms with Crippen molar-refractivity contribution < 1.29 is 18.7 Å². The van der Waals surface area contributed by atoms with Gasteiger partial charge >= 0.3 is 0 Å². The lowest BCUT2D eigenvalue weighted by Gasteiger charge is -2.07. The van der Waals surface area contributed by atoms with Crippen molar-refractivity contribution in [3.8, 4) is 11.8 Å². The van der Waals surface area contributed by atoms with Crippen LogP contribution < -0.4 is 14.8 Å². The number of methoxy groups -OCH3 is 2. The smallest absolute Gasteiger partial charge is 0.276 e. The van der Waals surface area contributed by atoms with Gasteiger partial charge in [0.15, 0.2) is 0 Å². The van der Waals surface area contributed by atoms with Gasteiger partial charge in [0, 0.05) is 0 Å². The van der Waals surface area contributed by atoms with Gasteiger partial charge in [-0.05, 0) is 12.1 Å². The average molecular weight is 278 g/mol. The molecule has 8 heteroatoms. The quantitative estimate of drug-likeness (QED) is 0.848. The second-order valence-corrected chi connectivity index (χ2v) is 3.58. The van der Waals surface area contributed by atoms with Gasteiger partial charge in [0.05, 0.1) is 20.3 Å². The molecular formula is C12H11FN4O3. The SMILES string of the molecule is COc1cc(OC)nc(NC(=O)c2cccc(F)n2)n1. The summed E-state index contributed by atoms with van der Waals surface area (Å²) in [5, 5.41) is 2.38. The van der Waals surface area contributed by atoms with Crippen molar-refractivity contribution in [1.82, 2.24) is 15.0 Å². The standard InChI is InChI=1S/C12H11FN4O3/c1-19-9-6-10(20-2)16-12(15-9)17-11(18)7-4-3-5-8(13)14-7/h3-6H,1-2H3,(H,15,16,17,18). The van der Waals surface area contributed by atoms with Gasteiger partial charge in [0.1, 0.15) is 5.69 Å². The number of aromatic nitrogens is 3. The van der Waals surface area contributed by atoms with Gasteiger partial charge in [-0.15, -0.1) is 0 Å². The molecule has 0 saturated carbocycles. The van der Waals surface area contributed by atoms with Gasteiger partial charge in [-0.25, -0.2) is 4.98 Å². The van der Waals surface area contributed by atoms with E-state index in [1.807, 2.05) is 0 Å². The number of anilines is 1. The first-order valence-corrected chi connectivity index (χ1v) is 5.53. The molecule has 0 unspecified atom stereocenters. The molecule has 0 aliphatic rings. The number of nitrogens with zero attached hydrogens (tertiary/aromatic N) is 3. The molecule has 0 aliphatic heterocycles. The Morgan fingerprint density at radius 1 is 1.15 bits per heavy atom. The minimum Gasteiger partial charge on any atom is -0.481 e. The molecule has 0 atom stereocenters. The summed E-state index contributed by atoms with van der Waals surface area (Å²) in [7, 11) is 2.84. The summed E-state index contributed by atoms with van der Waals surface area (Å²) >= 11 is 0. The first-order chi connectivity index (χ1) is 9.62. The molecule has 0 spiro atoms. The maximum Gasteiger partial charge on any atom is 0.276 e. The zero-order chi connectivity index (χ0) is 14.5. The molecule has 20 heavy (non-hydrogen) atoms. The highest BCUT2D eigenvalue weighted by molar-refractivity contribution is 6.01. The van der Waals surface area contributed by atoms with Crippen molar-refractivity contribution in [3.05, 3.63) is 35.9 Å². The Labute approximate surface area is 113 Å². The zero-order valence-electron chi connectivity index (χ0n) is 10.8. The van der Waals surface area contributed by atoms with Crippen LogP contribution >= 0.6 is 0 Å². The van der Waals surface area contributed by atoms with E-state index in [9.17, 15) is 9.18 Å². The van der Waals surface area contributed by atoms with Crippen molar-refractivity contribution in [2.24, 2.45) is 0 Å². The van der Waals surface area contributed by atoms with Crippen LogP contribution in [0.1, 0.15) is 10.5 Å². The summed E-state index contributed by atoms with van der Waals surface area (Å²) in [4.78, 5) is 23.2. The van der Waals surface area contributed by atoms with E-state index in [1.54, 1.807) is 0 Å². The van der Waals surface area contributed by atoms with Crippen molar-refractivity contribution in [2.45, 2.75) is 0 Å². The second kappa shape index (κ2) is 5.91. The Kier molecular flexibility index (Phi) is 4.04. The summed E-state index contributed by atoms with van der Waals surface area (Å²) in [6.45, 7) is 0. The summed E-state index contributed by atoms with van der Waals surface area (Å²) < 4.78 is 22.8. The number of pyridine rings is 1. The molecule has 0 bridgehead atoms. The highest BCUT2D eigenvalue weighted by atomic mass is 19.1. The first kappa shape index (κ1) is 13.7. The van der Waals surface area contributed by atoms with Crippen LogP contribution in [0.2, 0.25) is 0 Å². The number of nitrogens with one attached hydrogen (secondary N) is 1. The van der Waals surface area contributed by atoms with Crippen LogP contribution in [-0.2, 0) is 0 Å². The van der Waals surface area contributed by atoms with E-state index in [1.165, 1.54) is 32.4 Å². The summed E-state index contributed by atoms with van der Waals surface area (Å²) in [5.74, 6) is -0.974.